The van der Waals surface area contributed by atoms with E-state index < -0.39 is 18.0 Å². The molecule has 0 spiro atoms. The van der Waals surface area contributed by atoms with Crippen molar-refractivity contribution in [1.29, 1.82) is 0 Å². The Kier molecular flexibility index (Phi) is 3.23. The third-order valence-electron chi connectivity index (χ3n) is 1.64. The lowest BCUT2D eigenvalue weighted by Crippen LogP contribution is -2.23. The van der Waals surface area contributed by atoms with Crippen LogP contribution in [0.2, 0.25) is 0 Å². The van der Waals surface area contributed by atoms with Crippen LogP contribution in [0, 0.1) is 0 Å². The first-order valence-corrected chi connectivity index (χ1v) is 4.10. The summed E-state index contributed by atoms with van der Waals surface area (Å²) in [7, 11) is 0. The van der Waals surface area contributed by atoms with Crippen LogP contribution in [-0.4, -0.2) is 23.1 Å². The van der Waals surface area contributed by atoms with E-state index in [0.717, 1.165) is 0 Å². The van der Waals surface area contributed by atoms with Crippen molar-refractivity contribution in [2.45, 2.75) is 13.0 Å². The summed E-state index contributed by atoms with van der Waals surface area (Å²) in [6.45, 7) is 1.31. The fourth-order valence-corrected chi connectivity index (χ4v) is 0.853. The minimum Gasteiger partial charge on any atom is -0.479 e. The zero-order valence-electron chi connectivity index (χ0n) is 7.64. The van der Waals surface area contributed by atoms with Crippen LogP contribution in [0.3, 0.4) is 0 Å². The van der Waals surface area contributed by atoms with Crippen LogP contribution in [0.5, 0.6) is 0 Å². The first kappa shape index (κ1) is 10.2. The maximum Gasteiger partial charge on any atom is 0.344 e. The molecule has 14 heavy (non-hydrogen) atoms. The molecular weight excluding hydrogens is 184 g/mol. The Morgan fingerprint density at radius 2 is 1.86 bits per heavy atom. The molecule has 1 aromatic carbocycles. The van der Waals surface area contributed by atoms with Crippen molar-refractivity contribution in [2.75, 3.05) is 0 Å². The van der Waals surface area contributed by atoms with E-state index in [1.807, 2.05) is 0 Å². The highest BCUT2D eigenvalue weighted by Crippen LogP contribution is 2.03. The Hall–Kier alpha value is -1.84. The number of aliphatic carboxylic acids is 1. The van der Waals surface area contributed by atoms with Gasteiger partial charge in [0.1, 0.15) is 0 Å². The highest BCUT2D eigenvalue weighted by Gasteiger charge is 2.16. The van der Waals surface area contributed by atoms with E-state index >= 15 is 0 Å². The van der Waals surface area contributed by atoms with Gasteiger partial charge in [-0.25, -0.2) is 9.59 Å². The summed E-state index contributed by atoms with van der Waals surface area (Å²) in [6.07, 6.45) is -1.12. The monoisotopic (exact) mass is 194 g/mol. The lowest BCUT2D eigenvalue weighted by molar-refractivity contribution is -0.146. The number of hydrogen-bond acceptors (Lipinski definition) is 3. The summed E-state index contributed by atoms with van der Waals surface area (Å²) in [4.78, 5) is 21.7. The molecule has 1 N–H and O–H groups in total. The number of hydrogen-bond donors (Lipinski definition) is 1. The normalized spacial score (nSPS) is 11.8. The first-order chi connectivity index (χ1) is 6.61. The molecule has 4 heteroatoms. The summed E-state index contributed by atoms with van der Waals surface area (Å²) in [6, 6.07) is 8.26. The minimum atomic E-state index is -1.16. The molecule has 0 aliphatic carbocycles. The van der Waals surface area contributed by atoms with Gasteiger partial charge >= 0.3 is 11.9 Å². The highest BCUT2D eigenvalue weighted by molar-refractivity contribution is 5.91. The van der Waals surface area contributed by atoms with Crippen molar-refractivity contribution in [1.82, 2.24) is 0 Å². The predicted octanol–water partition coefficient (Wildman–Crippen LogP) is 1.32. The molecule has 1 rings (SSSR count). The SMILES string of the molecule is C[C@H](OC(=O)c1ccccc1)C(=O)O. The van der Waals surface area contributed by atoms with Gasteiger partial charge in [0.25, 0.3) is 0 Å². The molecule has 74 valence electrons. The van der Waals surface area contributed by atoms with Crippen molar-refractivity contribution < 1.29 is 19.4 Å². The molecule has 0 saturated carbocycles. The predicted molar refractivity (Wildman–Crippen MR) is 49.0 cm³/mol. The number of carbonyl (C=O) groups is 2. The summed E-state index contributed by atoms with van der Waals surface area (Å²) in [5, 5.41) is 8.50. The molecule has 0 bridgehead atoms. The molecule has 1 atom stereocenters. The minimum absolute atomic E-state index is 0.348. The van der Waals surface area contributed by atoms with Crippen molar-refractivity contribution in [3.8, 4) is 0 Å². The van der Waals surface area contributed by atoms with Crippen LogP contribution in [0.15, 0.2) is 30.3 Å². The lowest BCUT2D eigenvalue weighted by Gasteiger charge is -2.07. The number of carboxylic acids is 1. The van der Waals surface area contributed by atoms with Gasteiger partial charge in [0, 0.05) is 0 Å². The molecule has 4 nitrogen and oxygen atoms in total. The van der Waals surface area contributed by atoms with Gasteiger partial charge in [-0.15, -0.1) is 0 Å². The van der Waals surface area contributed by atoms with E-state index in [2.05, 4.69) is 4.74 Å². The maximum atomic E-state index is 11.3. The third-order valence-corrected chi connectivity index (χ3v) is 1.64. The lowest BCUT2D eigenvalue weighted by atomic mass is 10.2. The van der Waals surface area contributed by atoms with E-state index in [4.69, 9.17) is 5.11 Å². The van der Waals surface area contributed by atoms with Gasteiger partial charge < -0.3 is 9.84 Å². The Balaban J connectivity index is 2.64. The molecule has 0 aliphatic heterocycles. The van der Waals surface area contributed by atoms with Crippen LogP contribution >= 0.6 is 0 Å². The van der Waals surface area contributed by atoms with Crippen molar-refractivity contribution >= 4 is 11.9 Å². The second-order valence-corrected chi connectivity index (χ2v) is 2.75. The van der Waals surface area contributed by atoms with Crippen molar-refractivity contribution in [2.24, 2.45) is 0 Å². The second-order valence-electron chi connectivity index (χ2n) is 2.75. The van der Waals surface area contributed by atoms with Crippen molar-refractivity contribution in [3.63, 3.8) is 0 Å². The average Bonchev–Trinajstić information content (AvgIpc) is 2.19. The van der Waals surface area contributed by atoms with Gasteiger partial charge in [-0.1, -0.05) is 18.2 Å². The number of benzene rings is 1. The summed E-state index contributed by atoms with van der Waals surface area (Å²) >= 11 is 0. The zero-order valence-corrected chi connectivity index (χ0v) is 7.64. The van der Waals surface area contributed by atoms with Gasteiger partial charge in [-0.3, -0.25) is 0 Å². The molecule has 0 fully saturated rings. The topological polar surface area (TPSA) is 63.6 Å². The van der Waals surface area contributed by atoms with Crippen molar-refractivity contribution in [3.05, 3.63) is 35.9 Å². The van der Waals surface area contributed by atoms with Crippen LogP contribution in [-0.2, 0) is 9.53 Å². The number of rotatable bonds is 3. The molecule has 0 aromatic heterocycles. The molecule has 0 aliphatic rings. The van der Waals surface area contributed by atoms with Crippen LogP contribution in [0.25, 0.3) is 0 Å². The summed E-state index contributed by atoms with van der Waals surface area (Å²) in [5.74, 6) is -1.78. The van der Waals surface area contributed by atoms with E-state index in [0.29, 0.717) is 5.56 Å². The fourth-order valence-electron chi connectivity index (χ4n) is 0.853. The molecule has 0 heterocycles. The fraction of sp³-hybridized carbons (Fsp3) is 0.200. The Bertz CT molecular complexity index is 331. The highest BCUT2D eigenvalue weighted by atomic mass is 16.6. The number of carboxylic acid groups (broad SMARTS) is 1. The molecular formula is C10H10O4. The van der Waals surface area contributed by atoms with E-state index in [9.17, 15) is 9.59 Å². The quantitative estimate of drug-likeness (QED) is 0.737. The Labute approximate surface area is 81.1 Å². The average molecular weight is 194 g/mol. The Morgan fingerprint density at radius 3 is 2.36 bits per heavy atom. The maximum absolute atomic E-state index is 11.3. The number of esters is 1. The van der Waals surface area contributed by atoms with E-state index in [-0.39, 0.29) is 0 Å². The second kappa shape index (κ2) is 4.41. The number of ether oxygens (including phenoxy) is 1. The van der Waals surface area contributed by atoms with Crippen LogP contribution < -0.4 is 0 Å². The Morgan fingerprint density at radius 1 is 1.29 bits per heavy atom. The summed E-state index contributed by atoms with van der Waals surface area (Å²) < 4.78 is 4.66. The summed E-state index contributed by atoms with van der Waals surface area (Å²) in [5.41, 5.74) is 0.348. The third kappa shape index (κ3) is 2.58. The largest absolute Gasteiger partial charge is 0.479 e. The molecule has 0 radical (unpaired) electrons. The van der Waals surface area contributed by atoms with Gasteiger partial charge in [0.15, 0.2) is 6.10 Å². The smallest absolute Gasteiger partial charge is 0.344 e. The molecule has 0 saturated heterocycles. The first-order valence-electron chi connectivity index (χ1n) is 4.10. The molecule has 0 amide bonds. The van der Waals surface area contributed by atoms with Gasteiger partial charge in [0.05, 0.1) is 5.56 Å². The van der Waals surface area contributed by atoms with Gasteiger partial charge in [0.2, 0.25) is 0 Å². The molecule has 1 aromatic rings. The van der Waals surface area contributed by atoms with E-state index in [1.54, 1.807) is 30.3 Å². The zero-order chi connectivity index (χ0) is 10.6. The molecule has 0 unspecified atom stereocenters. The van der Waals surface area contributed by atoms with Crippen LogP contribution in [0.4, 0.5) is 0 Å². The standard InChI is InChI=1S/C10H10O4/c1-7(9(11)12)14-10(13)8-5-3-2-4-6-8/h2-7H,1H3,(H,11,12)/t7-/m0/s1. The van der Waals surface area contributed by atoms with Crippen LogP contribution in [0.1, 0.15) is 17.3 Å². The van der Waals surface area contributed by atoms with Gasteiger partial charge in [-0.05, 0) is 19.1 Å². The van der Waals surface area contributed by atoms with Gasteiger partial charge in [-0.2, -0.15) is 0 Å². The number of carbonyl (C=O) groups excluding carboxylic acids is 1. The van der Waals surface area contributed by atoms with E-state index in [1.165, 1.54) is 6.92 Å².